The van der Waals surface area contributed by atoms with Crippen molar-refractivity contribution in [1.82, 2.24) is 0 Å². The molecule has 2 rings (SSSR count). The van der Waals surface area contributed by atoms with Gasteiger partial charge in [-0.3, -0.25) is 4.79 Å². The van der Waals surface area contributed by atoms with E-state index >= 15 is 0 Å². The van der Waals surface area contributed by atoms with E-state index < -0.39 is 59.0 Å². The summed E-state index contributed by atoms with van der Waals surface area (Å²) in [5.74, 6) is 3.54. The van der Waals surface area contributed by atoms with E-state index in [-0.39, 0.29) is 23.9 Å². The van der Waals surface area contributed by atoms with Crippen LogP contribution in [0.25, 0.3) is 0 Å². The Labute approximate surface area is 335 Å². The number of aliphatic hydroxyl groups excluding tert-OH is 2. The average Bonchev–Trinajstić information content (AvgIpc) is 3.18. The van der Waals surface area contributed by atoms with E-state index in [0.717, 1.165) is 19.3 Å². The number of hydrogen-bond acceptors (Lipinski definition) is 12. The van der Waals surface area contributed by atoms with Crippen molar-refractivity contribution in [3.8, 4) is 11.8 Å². The molecule has 2 aliphatic rings. The monoisotopic (exact) mass is 790 g/mol. The largest absolute Gasteiger partial charge is 0.459 e. The Kier molecular flexibility index (Phi) is 27.9. The van der Waals surface area contributed by atoms with Gasteiger partial charge in [0.15, 0.2) is 0 Å². The number of rotatable bonds is 10. The molecular formula is C43H83NO11. The highest BCUT2D eigenvalue weighted by atomic mass is 16.6. The van der Waals surface area contributed by atoms with Gasteiger partial charge in [-0.2, -0.15) is 0 Å². The van der Waals surface area contributed by atoms with E-state index in [0.29, 0.717) is 38.4 Å². The van der Waals surface area contributed by atoms with Crippen molar-refractivity contribution < 1.29 is 53.4 Å². The second-order valence-corrected chi connectivity index (χ2v) is 15.4. The zero-order valence-corrected chi connectivity index (χ0v) is 38.0. The molecule has 2 aliphatic heterocycles. The lowest BCUT2D eigenvalue weighted by Crippen LogP contribution is -2.56. The first-order valence-corrected chi connectivity index (χ1v) is 20.3. The molecule has 13 atom stereocenters. The van der Waals surface area contributed by atoms with Crippen LogP contribution in [0.1, 0.15) is 129 Å². The lowest BCUT2D eigenvalue weighted by atomic mass is 9.70. The number of nitrogens with zero attached hydrogens (tertiary/aromatic N) is 1. The minimum absolute atomic E-state index is 0.000359. The van der Waals surface area contributed by atoms with Crippen molar-refractivity contribution in [1.29, 1.82) is 0 Å². The number of ether oxygens (including phenoxy) is 6. The molecule has 0 aliphatic carbocycles. The predicted molar refractivity (Wildman–Crippen MR) is 220 cm³/mol. The predicted octanol–water partition coefficient (Wildman–Crippen LogP) is 6.84. The SMILES string of the molecule is CC.CC#CC.CC[C@H]1OC(=O)[C@H](C)[C@@H](OC)[C@H](C)C(C)[C@](C)(OC)C[C@@H](C)/C(=N\OCCCCOC)C(C)C(O)[C@]1(C)O.CO[C@]1(C)CCO[C@@H](C)[C@@H]1O. The van der Waals surface area contributed by atoms with Crippen LogP contribution < -0.4 is 0 Å². The normalized spacial score (nSPS) is 37.8. The number of hydrogen-bond donors (Lipinski definition) is 3. The number of aliphatic hydroxyl groups is 3. The van der Waals surface area contributed by atoms with Crippen LogP contribution in [0.15, 0.2) is 5.16 Å². The van der Waals surface area contributed by atoms with Gasteiger partial charge in [-0.05, 0) is 86.0 Å². The molecule has 2 saturated heterocycles. The Morgan fingerprint density at radius 1 is 0.855 bits per heavy atom. The van der Waals surface area contributed by atoms with Crippen molar-refractivity contribution in [3.05, 3.63) is 0 Å². The van der Waals surface area contributed by atoms with Crippen LogP contribution in [0.2, 0.25) is 0 Å². The summed E-state index contributed by atoms with van der Waals surface area (Å²) in [7, 11) is 6.58. The third kappa shape index (κ3) is 16.5. The molecule has 3 N–H and O–H groups in total. The first kappa shape index (κ1) is 55.3. The van der Waals surface area contributed by atoms with Crippen LogP contribution in [0.3, 0.4) is 0 Å². The molecule has 0 aromatic carbocycles. The standard InChI is InChI=1S/C29H55NO8.C8H16O3.C4H6.C2H6/c1-12-23-29(8,33)26(31)20(4)24(30-37-16-14-13-15-34-9)18(2)17-28(7,36-11)22(6)19(3)25(35-10)21(5)27(32)38-23;1-6-7(9)8(2,10-3)4-5-11-6;1-3-4-2;1-2/h18-23,25-26,31,33H,12-17H2,1-11H3;6-7,9H,4-5H2,1-3H3;1-2H3;1-2H3/b30-24+;;;/t18-,19-,20?,21-,22?,23-,25+,26?,28-,29-;6-,7-,8+;;/m10../s1. The highest BCUT2D eigenvalue weighted by Gasteiger charge is 2.49. The van der Waals surface area contributed by atoms with Gasteiger partial charge in [0.05, 0.1) is 41.1 Å². The van der Waals surface area contributed by atoms with Crippen molar-refractivity contribution >= 4 is 11.7 Å². The van der Waals surface area contributed by atoms with E-state index in [1.54, 1.807) is 35.4 Å². The lowest BCUT2D eigenvalue weighted by Gasteiger charge is -2.45. The second-order valence-electron chi connectivity index (χ2n) is 15.4. The van der Waals surface area contributed by atoms with Crippen LogP contribution in [0.4, 0.5) is 0 Å². The van der Waals surface area contributed by atoms with Gasteiger partial charge in [0.1, 0.15) is 24.4 Å². The molecule has 12 nitrogen and oxygen atoms in total. The highest BCUT2D eigenvalue weighted by Crippen LogP contribution is 2.40. The van der Waals surface area contributed by atoms with Gasteiger partial charge in [0, 0.05) is 59.9 Å². The van der Waals surface area contributed by atoms with Crippen molar-refractivity contribution in [2.24, 2.45) is 34.7 Å². The number of carbonyl (C=O) groups is 1. The molecule has 0 bridgehead atoms. The molecule has 0 saturated carbocycles. The van der Waals surface area contributed by atoms with E-state index in [9.17, 15) is 20.1 Å². The summed E-state index contributed by atoms with van der Waals surface area (Å²) >= 11 is 0. The molecule has 3 unspecified atom stereocenters. The summed E-state index contributed by atoms with van der Waals surface area (Å²) in [5.41, 5.74) is -2.11. The van der Waals surface area contributed by atoms with Crippen LogP contribution in [0, 0.1) is 41.4 Å². The molecule has 0 amide bonds. The minimum Gasteiger partial charge on any atom is -0.459 e. The third-order valence-corrected chi connectivity index (χ3v) is 11.7. The van der Waals surface area contributed by atoms with Crippen LogP contribution in [-0.4, -0.2) is 123 Å². The number of methoxy groups -OCH3 is 4. The Morgan fingerprint density at radius 3 is 1.85 bits per heavy atom. The van der Waals surface area contributed by atoms with Crippen molar-refractivity contribution in [2.75, 3.05) is 48.3 Å². The molecule has 2 fully saturated rings. The Hall–Kier alpha value is -1.82. The molecule has 12 heteroatoms. The Bertz CT molecular complexity index is 1120. The summed E-state index contributed by atoms with van der Waals surface area (Å²) in [4.78, 5) is 19.0. The van der Waals surface area contributed by atoms with Crippen LogP contribution >= 0.6 is 0 Å². The second kappa shape index (κ2) is 27.8. The topological polar surface area (TPSA) is 155 Å². The Balaban J connectivity index is 0. The number of oxime groups is 1. The van der Waals surface area contributed by atoms with Crippen molar-refractivity contribution in [2.45, 2.75) is 176 Å². The van der Waals surface area contributed by atoms with Crippen LogP contribution in [-0.2, 0) is 38.1 Å². The van der Waals surface area contributed by atoms with Crippen molar-refractivity contribution in [3.63, 3.8) is 0 Å². The third-order valence-electron chi connectivity index (χ3n) is 11.7. The van der Waals surface area contributed by atoms with Gasteiger partial charge in [-0.15, -0.1) is 11.8 Å². The summed E-state index contributed by atoms with van der Waals surface area (Å²) in [6, 6.07) is 0. The number of carbonyl (C=O) groups excluding carboxylic acids is 1. The lowest BCUT2D eigenvalue weighted by molar-refractivity contribution is -0.191. The molecular weight excluding hydrogens is 706 g/mol. The maximum atomic E-state index is 13.3. The summed E-state index contributed by atoms with van der Waals surface area (Å²) in [6.07, 6.45) is 0.0701. The molecule has 2 heterocycles. The minimum atomic E-state index is -1.72. The maximum Gasteiger partial charge on any atom is 0.311 e. The molecule has 0 radical (unpaired) electrons. The van der Waals surface area contributed by atoms with E-state index in [1.807, 2.05) is 62.3 Å². The first-order chi connectivity index (χ1) is 25.7. The summed E-state index contributed by atoms with van der Waals surface area (Å²) in [6.45, 7) is 28.4. The first-order valence-electron chi connectivity index (χ1n) is 20.3. The van der Waals surface area contributed by atoms with Gasteiger partial charge >= 0.3 is 5.97 Å². The van der Waals surface area contributed by atoms with Gasteiger partial charge < -0.3 is 48.6 Å². The molecule has 55 heavy (non-hydrogen) atoms. The fraction of sp³-hybridized carbons (Fsp3) is 0.907. The zero-order valence-electron chi connectivity index (χ0n) is 38.0. The summed E-state index contributed by atoms with van der Waals surface area (Å²) < 4.78 is 33.4. The Morgan fingerprint density at radius 2 is 1.40 bits per heavy atom. The van der Waals surface area contributed by atoms with E-state index in [4.69, 9.17) is 33.3 Å². The number of cyclic esters (lactones) is 1. The van der Waals surface area contributed by atoms with Gasteiger partial charge in [-0.25, -0.2) is 0 Å². The summed E-state index contributed by atoms with van der Waals surface area (Å²) in [5, 5.41) is 37.1. The van der Waals surface area contributed by atoms with Gasteiger partial charge in [0.2, 0.25) is 0 Å². The fourth-order valence-corrected chi connectivity index (χ4v) is 7.30. The molecule has 0 spiro atoms. The quantitative estimate of drug-likeness (QED) is 0.0923. The fourth-order valence-electron chi connectivity index (χ4n) is 7.30. The molecule has 0 aromatic rings. The highest BCUT2D eigenvalue weighted by molar-refractivity contribution is 5.88. The molecule has 0 aromatic heterocycles. The van der Waals surface area contributed by atoms with Gasteiger partial charge in [0.25, 0.3) is 0 Å². The van der Waals surface area contributed by atoms with E-state index in [2.05, 4.69) is 37.8 Å². The zero-order chi connectivity index (χ0) is 43.2. The van der Waals surface area contributed by atoms with E-state index in [1.165, 1.54) is 6.92 Å². The van der Waals surface area contributed by atoms with Gasteiger partial charge in [-0.1, -0.05) is 53.6 Å². The van der Waals surface area contributed by atoms with Crippen LogP contribution in [0.5, 0.6) is 0 Å². The smallest absolute Gasteiger partial charge is 0.311 e. The maximum absolute atomic E-state index is 13.3. The molecule has 326 valence electrons. The number of esters is 1. The average molecular weight is 790 g/mol. The number of unbranched alkanes of at least 4 members (excludes halogenated alkanes) is 1.